The molecule has 0 aromatic rings. The van der Waals surface area contributed by atoms with Gasteiger partial charge in [0, 0.05) is 11.6 Å². The van der Waals surface area contributed by atoms with E-state index in [1.54, 1.807) is 0 Å². The highest BCUT2D eigenvalue weighted by molar-refractivity contribution is 6.87. The molecule has 2 nitrogen and oxygen atoms in total. The number of carbonyl (C=O) groups excluding carboxylic acids is 1. The Morgan fingerprint density at radius 1 is 1.31 bits per heavy atom. The largest absolute Gasteiger partial charge is 0.466 e. The summed E-state index contributed by atoms with van der Waals surface area (Å²) in [6, 6.07) is 0. The molecule has 3 heteroatoms. The van der Waals surface area contributed by atoms with Gasteiger partial charge in [0.05, 0.1) is 7.11 Å². The average molecular weight is 238 g/mol. The van der Waals surface area contributed by atoms with Crippen molar-refractivity contribution in [3.63, 3.8) is 0 Å². The average Bonchev–Trinajstić information content (AvgIpc) is 2.13. The van der Waals surface area contributed by atoms with Crippen molar-refractivity contribution in [2.24, 2.45) is 0 Å². The molecule has 0 saturated heterocycles. The normalized spacial score (nSPS) is 12.8. The van der Waals surface area contributed by atoms with Gasteiger partial charge >= 0.3 is 5.97 Å². The highest BCUT2D eigenvalue weighted by atomic mass is 28.3. The van der Waals surface area contributed by atoms with Crippen LogP contribution in [0.25, 0.3) is 0 Å². The Balaban J connectivity index is 4.88. The number of hydrogen-bond acceptors (Lipinski definition) is 2. The Hall–Kier alpha value is -1.01. The van der Waals surface area contributed by atoms with Gasteiger partial charge in [0.1, 0.15) is 8.07 Å². The Morgan fingerprint density at radius 3 is 2.19 bits per heavy atom. The maximum atomic E-state index is 11.0. The number of carbonyl (C=O) groups is 1. The molecule has 0 rings (SSSR count). The summed E-state index contributed by atoms with van der Waals surface area (Å²) in [5.74, 6) is 2.72. The van der Waals surface area contributed by atoms with Gasteiger partial charge in [-0.3, -0.25) is 0 Å². The molecular formula is C13H22O2Si. The smallest absolute Gasteiger partial charge is 0.331 e. The molecule has 90 valence electrons. The first-order valence-corrected chi connectivity index (χ1v) is 8.39. The van der Waals surface area contributed by atoms with Crippen LogP contribution in [-0.2, 0) is 9.53 Å². The fourth-order valence-electron chi connectivity index (χ4n) is 0.714. The summed E-state index contributed by atoms with van der Waals surface area (Å²) in [4.78, 5) is 11.0. The van der Waals surface area contributed by atoms with Gasteiger partial charge < -0.3 is 4.74 Å². The standard InChI is InChI=1S/C13H22O2Si/c1-11(10-12(14)15-5)8-9-16(6,7)13(2,3)4/h10H,1-7H3/b11-10-. The molecule has 16 heavy (non-hydrogen) atoms. The number of hydrogen-bond donors (Lipinski definition) is 0. The van der Waals surface area contributed by atoms with Crippen molar-refractivity contribution in [3.05, 3.63) is 11.6 Å². The third kappa shape index (κ3) is 4.67. The minimum Gasteiger partial charge on any atom is -0.466 e. The molecule has 0 unspecified atom stereocenters. The molecule has 0 aromatic carbocycles. The summed E-state index contributed by atoms with van der Waals surface area (Å²) in [7, 11) is -0.215. The summed E-state index contributed by atoms with van der Waals surface area (Å²) in [5.41, 5.74) is 4.10. The van der Waals surface area contributed by atoms with Crippen LogP contribution in [0.3, 0.4) is 0 Å². The van der Waals surface area contributed by atoms with E-state index in [-0.39, 0.29) is 11.0 Å². The van der Waals surface area contributed by atoms with Gasteiger partial charge in [0.15, 0.2) is 0 Å². The van der Waals surface area contributed by atoms with Gasteiger partial charge in [-0.1, -0.05) is 39.8 Å². The lowest BCUT2D eigenvalue weighted by Gasteiger charge is -2.31. The van der Waals surface area contributed by atoms with E-state index >= 15 is 0 Å². The van der Waals surface area contributed by atoms with Crippen molar-refractivity contribution in [1.82, 2.24) is 0 Å². The summed E-state index contributed by atoms with van der Waals surface area (Å²) < 4.78 is 4.55. The Bertz CT molecular complexity index is 348. The summed E-state index contributed by atoms with van der Waals surface area (Å²) in [5, 5.41) is 0.242. The van der Waals surface area contributed by atoms with Crippen LogP contribution in [-0.4, -0.2) is 21.2 Å². The Morgan fingerprint density at radius 2 is 1.81 bits per heavy atom. The second kappa shape index (κ2) is 5.36. The molecule has 0 heterocycles. The molecule has 0 aliphatic heterocycles. The van der Waals surface area contributed by atoms with Gasteiger partial charge in [-0.2, -0.15) is 0 Å². The highest BCUT2D eigenvalue weighted by Gasteiger charge is 2.33. The van der Waals surface area contributed by atoms with E-state index < -0.39 is 8.07 Å². The van der Waals surface area contributed by atoms with Crippen LogP contribution >= 0.6 is 0 Å². The predicted octanol–water partition coefficient (Wildman–Crippen LogP) is 3.16. The minimum absolute atomic E-state index is 0.242. The molecule has 0 spiro atoms. The van der Waals surface area contributed by atoms with Crippen molar-refractivity contribution in [2.75, 3.05) is 7.11 Å². The van der Waals surface area contributed by atoms with E-state index in [0.717, 1.165) is 5.57 Å². The van der Waals surface area contributed by atoms with Crippen molar-refractivity contribution in [1.29, 1.82) is 0 Å². The molecule has 0 bridgehead atoms. The summed E-state index contributed by atoms with van der Waals surface area (Å²) in [6.07, 6.45) is 1.43. The number of ether oxygens (including phenoxy) is 1. The lowest BCUT2D eigenvalue weighted by atomic mass is 10.2. The van der Waals surface area contributed by atoms with Gasteiger partial charge in [-0.15, -0.1) is 5.54 Å². The quantitative estimate of drug-likeness (QED) is 0.303. The zero-order chi connectivity index (χ0) is 13.0. The van der Waals surface area contributed by atoms with Crippen molar-refractivity contribution in [2.45, 2.75) is 45.8 Å². The third-order valence-corrected chi connectivity index (χ3v) is 7.48. The minimum atomic E-state index is -1.58. The maximum absolute atomic E-state index is 11.0. The molecule has 0 aliphatic rings. The van der Waals surface area contributed by atoms with Crippen LogP contribution in [0, 0.1) is 11.5 Å². The van der Waals surface area contributed by atoms with E-state index in [4.69, 9.17) is 0 Å². The monoisotopic (exact) mass is 238 g/mol. The van der Waals surface area contributed by atoms with Crippen LogP contribution in [0.4, 0.5) is 0 Å². The molecule has 0 saturated carbocycles. The maximum Gasteiger partial charge on any atom is 0.331 e. The lowest BCUT2D eigenvalue weighted by molar-refractivity contribution is -0.134. The second-order valence-corrected chi connectivity index (χ2v) is 10.5. The molecule has 0 amide bonds. The van der Waals surface area contributed by atoms with Crippen LogP contribution in [0.15, 0.2) is 11.6 Å². The van der Waals surface area contributed by atoms with Gasteiger partial charge in [0.25, 0.3) is 0 Å². The highest BCUT2D eigenvalue weighted by Crippen LogP contribution is 2.35. The Labute approximate surface area is 100 Å². The van der Waals surface area contributed by atoms with Gasteiger partial charge in [-0.05, 0) is 12.0 Å². The first-order valence-electron chi connectivity index (χ1n) is 5.39. The van der Waals surface area contributed by atoms with Crippen LogP contribution in [0.2, 0.25) is 18.1 Å². The van der Waals surface area contributed by atoms with Crippen molar-refractivity contribution in [3.8, 4) is 11.5 Å². The first-order chi connectivity index (χ1) is 7.10. The number of rotatable bonds is 1. The van der Waals surface area contributed by atoms with Crippen LogP contribution in [0.1, 0.15) is 27.7 Å². The predicted molar refractivity (Wildman–Crippen MR) is 70.7 cm³/mol. The van der Waals surface area contributed by atoms with Crippen LogP contribution in [0.5, 0.6) is 0 Å². The van der Waals surface area contributed by atoms with E-state index in [1.807, 2.05) is 6.92 Å². The number of allylic oxidation sites excluding steroid dienone is 1. The van der Waals surface area contributed by atoms with Gasteiger partial charge in [-0.25, -0.2) is 4.79 Å². The van der Waals surface area contributed by atoms with Crippen molar-refractivity contribution < 1.29 is 9.53 Å². The fraction of sp³-hybridized carbons (Fsp3) is 0.615. The first kappa shape index (κ1) is 15.0. The van der Waals surface area contributed by atoms with E-state index in [0.29, 0.717) is 0 Å². The van der Waals surface area contributed by atoms with E-state index in [9.17, 15) is 4.79 Å². The molecule has 0 atom stereocenters. The SMILES string of the molecule is COC(=O)/C=C(/C)C#C[Si](C)(C)C(C)(C)C. The fourth-order valence-corrected chi connectivity index (χ4v) is 1.60. The van der Waals surface area contributed by atoms with E-state index in [1.165, 1.54) is 13.2 Å². The lowest BCUT2D eigenvalue weighted by Crippen LogP contribution is -2.35. The Kier molecular flexibility index (Phi) is 5.02. The number of methoxy groups -OCH3 is 1. The number of esters is 1. The summed E-state index contributed by atoms with van der Waals surface area (Å²) in [6.45, 7) is 13.0. The zero-order valence-electron chi connectivity index (χ0n) is 11.4. The zero-order valence-corrected chi connectivity index (χ0v) is 12.4. The molecule has 0 radical (unpaired) electrons. The summed E-state index contributed by atoms with van der Waals surface area (Å²) >= 11 is 0. The van der Waals surface area contributed by atoms with Gasteiger partial charge in [0.2, 0.25) is 0 Å². The molecule has 0 fully saturated rings. The third-order valence-electron chi connectivity index (χ3n) is 2.98. The van der Waals surface area contributed by atoms with Crippen molar-refractivity contribution >= 4 is 14.0 Å². The topological polar surface area (TPSA) is 26.3 Å². The van der Waals surface area contributed by atoms with Crippen LogP contribution < -0.4 is 0 Å². The molecule has 0 N–H and O–H groups in total. The molecular weight excluding hydrogens is 216 g/mol. The molecule has 0 aromatic heterocycles. The second-order valence-electron chi connectivity index (χ2n) is 5.48. The van der Waals surface area contributed by atoms with E-state index in [2.05, 4.69) is 50.1 Å². The molecule has 0 aliphatic carbocycles.